The van der Waals surface area contributed by atoms with Crippen LogP contribution in [0.25, 0.3) is 0 Å². The summed E-state index contributed by atoms with van der Waals surface area (Å²) in [5.41, 5.74) is 6.26. The third kappa shape index (κ3) is 3.27. The summed E-state index contributed by atoms with van der Waals surface area (Å²) in [5, 5.41) is 2.76. The summed E-state index contributed by atoms with van der Waals surface area (Å²) >= 11 is 1.50. The lowest BCUT2D eigenvalue weighted by Gasteiger charge is -2.28. The van der Waals surface area contributed by atoms with Gasteiger partial charge in [0.05, 0.1) is 11.4 Å². The predicted molar refractivity (Wildman–Crippen MR) is 76.2 cm³/mol. The van der Waals surface area contributed by atoms with Crippen molar-refractivity contribution in [3.05, 3.63) is 24.3 Å². The number of hydrogen-bond donors (Lipinski definition) is 2. The number of amides is 2. The van der Waals surface area contributed by atoms with Gasteiger partial charge in [-0.05, 0) is 19.1 Å². The zero-order valence-electron chi connectivity index (χ0n) is 10.8. The number of benzene rings is 1. The third-order valence-corrected chi connectivity index (χ3v) is 3.92. The first-order valence-electron chi connectivity index (χ1n) is 6.13. The van der Waals surface area contributed by atoms with Gasteiger partial charge in [-0.25, -0.2) is 0 Å². The SMILES string of the molecule is C[C@@H](CN)NC(=O)CN1C(=O)CSc2ccccc21. The fourth-order valence-corrected chi connectivity index (χ4v) is 2.79. The van der Waals surface area contributed by atoms with Gasteiger partial charge in [0.2, 0.25) is 11.8 Å². The van der Waals surface area contributed by atoms with Gasteiger partial charge in [-0.15, -0.1) is 11.8 Å². The lowest BCUT2D eigenvalue weighted by Crippen LogP contribution is -2.47. The number of carbonyl (C=O) groups is 2. The number of nitrogens with one attached hydrogen (secondary N) is 1. The van der Waals surface area contributed by atoms with E-state index in [1.807, 2.05) is 31.2 Å². The summed E-state index contributed by atoms with van der Waals surface area (Å²) in [6.45, 7) is 2.26. The number of anilines is 1. The first-order chi connectivity index (χ1) is 9.11. The predicted octanol–water partition coefficient (Wildman–Crippen LogP) is 0.589. The fraction of sp³-hybridized carbons (Fsp3) is 0.385. The molecule has 1 aliphatic rings. The molecule has 0 fully saturated rings. The Morgan fingerprint density at radius 1 is 1.53 bits per heavy atom. The molecule has 0 unspecified atom stereocenters. The van der Waals surface area contributed by atoms with Crippen LogP contribution in [0.3, 0.4) is 0 Å². The van der Waals surface area contributed by atoms with E-state index >= 15 is 0 Å². The molecular formula is C13H17N3O2S. The van der Waals surface area contributed by atoms with E-state index < -0.39 is 0 Å². The molecule has 1 atom stereocenters. The highest BCUT2D eigenvalue weighted by Crippen LogP contribution is 2.34. The zero-order valence-corrected chi connectivity index (χ0v) is 11.6. The molecule has 2 amide bonds. The molecule has 0 radical (unpaired) electrons. The number of rotatable bonds is 4. The van der Waals surface area contributed by atoms with Crippen molar-refractivity contribution in [2.45, 2.75) is 17.9 Å². The van der Waals surface area contributed by atoms with Crippen LogP contribution in [0.5, 0.6) is 0 Å². The molecule has 0 bridgehead atoms. The summed E-state index contributed by atoms with van der Waals surface area (Å²) in [4.78, 5) is 26.4. The molecule has 3 N–H and O–H groups in total. The monoisotopic (exact) mass is 279 g/mol. The number of hydrogen-bond acceptors (Lipinski definition) is 4. The second-order valence-electron chi connectivity index (χ2n) is 4.44. The van der Waals surface area contributed by atoms with Gasteiger partial charge in [-0.3, -0.25) is 9.59 Å². The molecule has 2 rings (SSSR count). The number of fused-ring (bicyclic) bond motifs is 1. The standard InChI is InChI=1S/C13H17N3O2S/c1-9(6-14)15-12(17)7-16-10-4-2-3-5-11(10)19-8-13(16)18/h2-5,9H,6-8,14H2,1H3,(H,15,17)/t9-/m0/s1. The van der Waals surface area contributed by atoms with Gasteiger partial charge < -0.3 is 16.0 Å². The Labute approximate surface area is 116 Å². The highest BCUT2D eigenvalue weighted by Gasteiger charge is 2.26. The van der Waals surface area contributed by atoms with Gasteiger partial charge in [-0.1, -0.05) is 12.1 Å². The third-order valence-electron chi connectivity index (χ3n) is 2.87. The fourth-order valence-electron chi connectivity index (χ4n) is 1.85. The van der Waals surface area contributed by atoms with Crippen molar-refractivity contribution in [2.24, 2.45) is 5.73 Å². The summed E-state index contributed by atoms with van der Waals surface area (Å²) in [7, 11) is 0. The van der Waals surface area contributed by atoms with Crippen LogP contribution in [0, 0.1) is 0 Å². The first kappa shape index (κ1) is 13.9. The van der Waals surface area contributed by atoms with Crippen LogP contribution < -0.4 is 16.0 Å². The highest BCUT2D eigenvalue weighted by atomic mass is 32.2. The molecule has 1 heterocycles. The van der Waals surface area contributed by atoms with Gasteiger partial charge in [-0.2, -0.15) is 0 Å². The quantitative estimate of drug-likeness (QED) is 0.846. The number of nitrogens with two attached hydrogens (primary N) is 1. The first-order valence-corrected chi connectivity index (χ1v) is 7.12. The Bertz CT molecular complexity index is 493. The van der Waals surface area contributed by atoms with Crippen LogP contribution in [0.2, 0.25) is 0 Å². The van der Waals surface area contributed by atoms with Crippen molar-refractivity contribution in [1.29, 1.82) is 0 Å². The topological polar surface area (TPSA) is 75.4 Å². The largest absolute Gasteiger partial charge is 0.351 e. The zero-order chi connectivity index (χ0) is 13.8. The highest BCUT2D eigenvalue weighted by molar-refractivity contribution is 8.00. The number of thioether (sulfide) groups is 1. The van der Waals surface area contributed by atoms with Gasteiger partial charge in [0.15, 0.2) is 0 Å². The molecule has 19 heavy (non-hydrogen) atoms. The second kappa shape index (κ2) is 6.08. The average molecular weight is 279 g/mol. The lowest BCUT2D eigenvalue weighted by atomic mass is 10.2. The van der Waals surface area contributed by atoms with Crippen molar-refractivity contribution in [2.75, 3.05) is 23.7 Å². The van der Waals surface area contributed by atoms with Gasteiger partial charge in [0.1, 0.15) is 6.54 Å². The van der Waals surface area contributed by atoms with Gasteiger partial charge >= 0.3 is 0 Å². The normalized spacial score (nSPS) is 15.9. The van der Waals surface area contributed by atoms with Gasteiger partial charge in [0.25, 0.3) is 0 Å². The number of nitrogens with zero attached hydrogens (tertiary/aromatic N) is 1. The van der Waals surface area contributed by atoms with E-state index in [1.54, 1.807) is 0 Å². The maximum Gasteiger partial charge on any atom is 0.240 e. The molecule has 6 heteroatoms. The minimum absolute atomic E-state index is 0.0424. The lowest BCUT2D eigenvalue weighted by molar-refractivity contribution is -0.123. The minimum Gasteiger partial charge on any atom is -0.351 e. The molecule has 0 saturated carbocycles. The molecule has 1 aliphatic heterocycles. The molecule has 0 aromatic heterocycles. The summed E-state index contributed by atoms with van der Waals surface area (Å²) in [5.74, 6) is 0.142. The van der Waals surface area contributed by atoms with Crippen LogP contribution in [0.15, 0.2) is 29.2 Å². The molecule has 1 aromatic carbocycles. The maximum absolute atomic E-state index is 11.9. The van der Waals surface area contributed by atoms with Crippen LogP contribution in [0.1, 0.15) is 6.92 Å². The number of carbonyl (C=O) groups excluding carboxylic acids is 2. The maximum atomic E-state index is 11.9. The Morgan fingerprint density at radius 3 is 3.00 bits per heavy atom. The van der Waals surface area contributed by atoms with Crippen LogP contribution in [-0.4, -0.2) is 36.7 Å². The van der Waals surface area contributed by atoms with Crippen molar-refractivity contribution in [3.63, 3.8) is 0 Å². The number of para-hydroxylation sites is 1. The Hall–Kier alpha value is -1.53. The summed E-state index contributed by atoms with van der Waals surface area (Å²) < 4.78 is 0. The minimum atomic E-state index is -0.187. The van der Waals surface area contributed by atoms with Gasteiger partial charge in [0, 0.05) is 17.5 Å². The smallest absolute Gasteiger partial charge is 0.240 e. The van der Waals surface area contributed by atoms with E-state index in [9.17, 15) is 9.59 Å². The van der Waals surface area contributed by atoms with E-state index in [-0.39, 0.29) is 24.4 Å². The van der Waals surface area contributed by atoms with Crippen molar-refractivity contribution in [3.8, 4) is 0 Å². The van der Waals surface area contributed by atoms with Crippen molar-refractivity contribution >= 4 is 29.3 Å². The molecule has 0 saturated heterocycles. The molecule has 102 valence electrons. The molecule has 1 aromatic rings. The van der Waals surface area contributed by atoms with Crippen LogP contribution >= 0.6 is 11.8 Å². The van der Waals surface area contributed by atoms with E-state index in [2.05, 4.69) is 5.32 Å². The van der Waals surface area contributed by atoms with Crippen LogP contribution in [0.4, 0.5) is 5.69 Å². The Balaban J connectivity index is 2.11. The van der Waals surface area contributed by atoms with Crippen molar-refractivity contribution in [1.82, 2.24) is 5.32 Å². The van der Waals surface area contributed by atoms with E-state index in [0.717, 1.165) is 10.6 Å². The summed E-state index contributed by atoms with van der Waals surface area (Å²) in [6.07, 6.45) is 0. The molecule has 0 spiro atoms. The van der Waals surface area contributed by atoms with Crippen molar-refractivity contribution < 1.29 is 9.59 Å². The van der Waals surface area contributed by atoms with E-state index in [1.165, 1.54) is 16.7 Å². The Kier molecular flexibility index (Phi) is 4.44. The average Bonchev–Trinajstić information content (AvgIpc) is 2.42. The van der Waals surface area contributed by atoms with Crippen LogP contribution in [-0.2, 0) is 9.59 Å². The second-order valence-corrected chi connectivity index (χ2v) is 5.46. The molecule has 0 aliphatic carbocycles. The van der Waals surface area contributed by atoms with E-state index in [4.69, 9.17) is 5.73 Å². The molecular weight excluding hydrogens is 262 g/mol. The Morgan fingerprint density at radius 2 is 2.26 bits per heavy atom. The molecule has 5 nitrogen and oxygen atoms in total. The van der Waals surface area contributed by atoms with E-state index in [0.29, 0.717) is 12.3 Å². The summed E-state index contributed by atoms with van der Waals surface area (Å²) in [6, 6.07) is 7.53.